The second-order valence-electron chi connectivity index (χ2n) is 7.56. The van der Waals surface area contributed by atoms with Gasteiger partial charge in [-0.1, -0.05) is 48.0 Å². The normalized spacial score (nSPS) is 11.7. The van der Waals surface area contributed by atoms with Crippen LogP contribution in [-0.2, 0) is 9.84 Å². The lowest BCUT2D eigenvalue weighted by Gasteiger charge is -2.10. The lowest BCUT2D eigenvalue weighted by molar-refractivity contribution is 0.101. The molecule has 0 saturated carbocycles. The molecule has 0 saturated heterocycles. The number of fused-ring (bicyclic) bond motifs is 2. The fourth-order valence-electron chi connectivity index (χ4n) is 3.60. The zero-order valence-electron chi connectivity index (χ0n) is 17.6. The number of nitrogen functional groups attached to an aromatic ring is 1. The van der Waals surface area contributed by atoms with Crippen molar-refractivity contribution in [3.05, 3.63) is 90.0 Å². The molecule has 0 aliphatic heterocycles. The number of benzene rings is 3. The van der Waals surface area contributed by atoms with Crippen LogP contribution in [0.25, 0.3) is 22.2 Å². The maximum atomic E-state index is 13.6. The predicted molar refractivity (Wildman–Crippen MR) is 126 cm³/mol. The minimum absolute atomic E-state index is 0.0724. The van der Waals surface area contributed by atoms with Crippen LogP contribution < -0.4 is 11.2 Å². The minimum atomic E-state index is -4.06. The summed E-state index contributed by atoms with van der Waals surface area (Å²) >= 11 is 0. The molecule has 164 valence electrons. The van der Waals surface area contributed by atoms with Crippen LogP contribution in [-0.4, -0.2) is 29.0 Å². The number of nitrogens with one attached hydrogen (secondary N) is 1. The highest BCUT2D eigenvalue weighted by Gasteiger charge is 2.31. The fraction of sp³-hybridized carbons (Fsp3) is 0.0417. The number of carbonyl (C=O) groups is 1. The van der Waals surface area contributed by atoms with Crippen LogP contribution in [0.15, 0.2) is 88.7 Å². The number of anilines is 1. The molecule has 3 aromatic carbocycles. The number of aromatic nitrogens is 3. The predicted octanol–water partition coefficient (Wildman–Crippen LogP) is 3.69. The van der Waals surface area contributed by atoms with Crippen molar-refractivity contribution in [2.24, 2.45) is 0 Å². The number of carbonyl (C=O) groups excluding carboxylic acids is 1. The van der Waals surface area contributed by atoms with E-state index < -0.39 is 15.7 Å². The van der Waals surface area contributed by atoms with Gasteiger partial charge in [0.2, 0.25) is 9.84 Å². The summed E-state index contributed by atoms with van der Waals surface area (Å²) < 4.78 is 28.4. The van der Waals surface area contributed by atoms with Crippen molar-refractivity contribution < 1.29 is 13.2 Å². The lowest BCUT2D eigenvalue weighted by Crippen LogP contribution is -2.24. The number of sulfone groups is 1. The average molecular weight is 458 g/mol. The number of nitrogens with zero attached hydrogens (tertiary/aromatic N) is 3. The minimum Gasteiger partial charge on any atom is -0.382 e. The number of aryl methyl sites for hydroxylation is 1. The first-order chi connectivity index (χ1) is 15.9. The van der Waals surface area contributed by atoms with Crippen molar-refractivity contribution in [3.8, 4) is 0 Å². The van der Waals surface area contributed by atoms with Crippen LogP contribution in [0.1, 0.15) is 15.9 Å². The molecule has 5 aromatic rings. The van der Waals surface area contributed by atoms with Gasteiger partial charge in [-0.15, -0.1) is 0 Å². The molecule has 9 heteroatoms. The van der Waals surface area contributed by atoms with E-state index in [0.29, 0.717) is 16.6 Å². The summed E-state index contributed by atoms with van der Waals surface area (Å²) in [6.07, 6.45) is 0. The van der Waals surface area contributed by atoms with Gasteiger partial charge in [-0.25, -0.2) is 23.1 Å². The Morgan fingerprint density at radius 2 is 1.48 bits per heavy atom. The second kappa shape index (κ2) is 7.72. The van der Waals surface area contributed by atoms with E-state index in [0.717, 1.165) is 5.56 Å². The van der Waals surface area contributed by atoms with Gasteiger partial charge in [0.05, 0.1) is 15.9 Å². The molecule has 0 fully saturated rings. The van der Waals surface area contributed by atoms with Crippen molar-refractivity contribution in [1.82, 2.24) is 14.6 Å². The topological polar surface area (TPSA) is 120 Å². The average Bonchev–Trinajstić information content (AvgIpc) is 3.09. The van der Waals surface area contributed by atoms with Crippen LogP contribution in [0.2, 0.25) is 0 Å². The van der Waals surface area contributed by atoms with Gasteiger partial charge in [0.1, 0.15) is 16.2 Å². The molecule has 0 atom stereocenters. The molecule has 0 spiro atoms. The van der Waals surface area contributed by atoms with E-state index in [4.69, 9.17) is 5.73 Å². The molecular weight excluding hydrogens is 438 g/mol. The van der Waals surface area contributed by atoms with Crippen molar-refractivity contribution in [1.29, 1.82) is 0 Å². The number of hydrogen-bond acceptors (Lipinski definition) is 6. The van der Waals surface area contributed by atoms with Gasteiger partial charge in [0.25, 0.3) is 5.91 Å². The third kappa shape index (κ3) is 3.48. The summed E-state index contributed by atoms with van der Waals surface area (Å²) in [5.74, 6) is -0.640. The molecule has 0 bridgehead atoms. The van der Waals surface area contributed by atoms with Crippen molar-refractivity contribution in [2.75, 3.05) is 11.2 Å². The number of hydrogen-bond donors (Lipinski definition) is 2. The van der Waals surface area contributed by atoms with Gasteiger partial charge >= 0.3 is 0 Å². The molecule has 8 nitrogen and oxygen atoms in total. The molecule has 0 aliphatic carbocycles. The first kappa shape index (κ1) is 20.7. The van der Waals surface area contributed by atoms with E-state index in [1.54, 1.807) is 66.7 Å². The van der Waals surface area contributed by atoms with Gasteiger partial charge in [-0.2, -0.15) is 0 Å². The molecule has 0 aliphatic rings. The molecule has 0 unspecified atom stereocenters. The van der Waals surface area contributed by atoms with Crippen LogP contribution in [0.5, 0.6) is 0 Å². The molecule has 2 heterocycles. The summed E-state index contributed by atoms with van der Waals surface area (Å²) in [7, 11) is -4.06. The maximum absolute atomic E-state index is 13.6. The summed E-state index contributed by atoms with van der Waals surface area (Å²) in [4.78, 5) is 21.8. The first-order valence-electron chi connectivity index (χ1n) is 10.1. The first-order valence-corrected chi connectivity index (χ1v) is 11.6. The number of para-hydroxylation sites is 2. The van der Waals surface area contributed by atoms with Gasteiger partial charge < -0.3 is 5.73 Å². The lowest BCUT2D eigenvalue weighted by atomic mass is 10.2. The Hall–Kier alpha value is -4.24. The monoisotopic (exact) mass is 457 g/mol. The second-order valence-corrected chi connectivity index (χ2v) is 9.44. The maximum Gasteiger partial charge on any atom is 0.270 e. The van der Waals surface area contributed by atoms with Crippen LogP contribution in [0, 0.1) is 6.92 Å². The van der Waals surface area contributed by atoms with E-state index in [2.05, 4.69) is 15.4 Å². The fourth-order valence-corrected chi connectivity index (χ4v) is 5.09. The van der Waals surface area contributed by atoms with E-state index in [1.165, 1.54) is 16.8 Å². The zero-order chi connectivity index (χ0) is 23.2. The van der Waals surface area contributed by atoms with E-state index >= 15 is 0 Å². The van der Waals surface area contributed by atoms with Crippen LogP contribution in [0.3, 0.4) is 0 Å². The summed E-state index contributed by atoms with van der Waals surface area (Å²) in [6.45, 7) is 1.87. The quantitative estimate of drug-likeness (QED) is 0.425. The Morgan fingerprint density at radius 1 is 0.879 bits per heavy atom. The summed E-state index contributed by atoms with van der Waals surface area (Å²) in [5.41, 5.74) is 11.6. The largest absolute Gasteiger partial charge is 0.382 e. The third-order valence-electron chi connectivity index (χ3n) is 5.30. The smallest absolute Gasteiger partial charge is 0.270 e. The van der Waals surface area contributed by atoms with Crippen LogP contribution in [0.4, 0.5) is 5.82 Å². The summed E-state index contributed by atoms with van der Waals surface area (Å²) in [5, 5.41) is 0. The Balaban J connectivity index is 1.77. The van der Waals surface area contributed by atoms with E-state index in [9.17, 15) is 13.2 Å². The van der Waals surface area contributed by atoms with Crippen molar-refractivity contribution >= 4 is 43.8 Å². The Kier molecular flexibility index (Phi) is 4.83. The Bertz CT molecular complexity index is 1630. The summed E-state index contributed by atoms with van der Waals surface area (Å²) in [6, 6.07) is 22.1. The Labute approximate surface area is 189 Å². The van der Waals surface area contributed by atoms with Crippen LogP contribution >= 0.6 is 0 Å². The highest BCUT2D eigenvalue weighted by Crippen LogP contribution is 2.34. The number of rotatable bonds is 4. The number of nitrogens with two attached hydrogens (primary N) is 1. The van der Waals surface area contributed by atoms with Gasteiger partial charge in [-0.3, -0.25) is 10.2 Å². The van der Waals surface area contributed by atoms with Crippen molar-refractivity contribution in [3.63, 3.8) is 0 Å². The Morgan fingerprint density at radius 3 is 2.15 bits per heavy atom. The molecule has 3 N–H and O–H groups in total. The standard InChI is InChI=1S/C24H19N5O3S/c1-15-11-13-17(14-12-15)33(31,32)21-20-23(27-19-10-6-5-9-18(19)26-20)29(22(21)25)28-24(30)16-7-3-2-4-8-16/h2-14H,25H2,1H3,(H,28,30). The molecular formula is C24H19N5O3S. The molecule has 1 amide bonds. The zero-order valence-corrected chi connectivity index (χ0v) is 18.4. The third-order valence-corrected chi connectivity index (χ3v) is 7.13. The SMILES string of the molecule is Cc1ccc(S(=O)(=O)c2c(N)n(NC(=O)c3ccccc3)c3nc4ccccc4nc23)cc1. The van der Waals surface area contributed by atoms with Gasteiger partial charge in [0, 0.05) is 5.56 Å². The van der Waals surface area contributed by atoms with E-state index in [-0.39, 0.29) is 26.8 Å². The molecule has 0 radical (unpaired) electrons. The molecule has 5 rings (SSSR count). The molecule has 33 heavy (non-hydrogen) atoms. The highest BCUT2D eigenvalue weighted by molar-refractivity contribution is 7.92. The molecule has 2 aromatic heterocycles. The van der Waals surface area contributed by atoms with E-state index in [1.807, 2.05) is 6.92 Å². The van der Waals surface area contributed by atoms with Gasteiger partial charge in [-0.05, 0) is 43.3 Å². The highest BCUT2D eigenvalue weighted by atomic mass is 32.2. The van der Waals surface area contributed by atoms with Gasteiger partial charge in [0.15, 0.2) is 5.65 Å². The van der Waals surface area contributed by atoms with Crippen molar-refractivity contribution in [2.45, 2.75) is 16.7 Å². The number of amides is 1.